The third-order valence-corrected chi connectivity index (χ3v) is 4.23. The quantitative estimate of drug-likeness (QED) is 0.865. The number of rotatable bonds is 3. The second-order valence-corrected chi connectivity index (χ2v) is 5.87. The minimum atomic E-state index is -0.852. The van der Waals surface area contributed by atoms with E-state index in [0.717, 1.165) is 0 Å². The lowest BCUT2D eigenvalue weighted by molar-refractivity contribution is -0.138. The topological polar surface area (TPSA) is 49.3 Å². The standard InChI is InChI=1S/C12H14FNO2S/c1-12(14-10(7-17-12)11(15)16)6-8-4-2-3-5-9(8)13/h2-5,10,14H,6-7H2,1H3,(H,15,16)/t10-,12?/m1/s1. The molecule has 2 N–H and O–H groups in total. The van der Waals surface area contributed by atoms with E-state index in [-0.39, 0.29) is 5.82 Å². The Morgan fingerprint density at radius 1 is 1.65 bits per heavy atom. The van der Waals surface area contributed by atoms with Crippen LogP contribution in [0.1, 0.15) is 12.5 Å². The van der Waals surface area contributed by atoms with E-state index in [1.54, 1.807) is 18.2 Å². The minimum absolute atomic E-state index is 0.241. The van der Waals surface area contributed by atoms with Gasteiger partial charge in [-0.05, 0) is 18.6 Å². The molecule has 92 valence electrons. The van der Waals surface area contributed by atoms with Crippen LogP contribution in [0.5, 0.6) is 0 Å². The lowest BCUT2D eigenvalue weighted by atomic mass is 10.1. The van der Waals surface area contributed by atoms with Gasteiger partial charge in [0.05, 0.1) is 4.87 Å². The van der Waals surface area contributed by atoms with Gasteiger partial charge in [0.15, 0.2) is 0 Å². The highest BCUT2D eigenvalue weighted by Crippen LogP contribution is 2.33. The smallest absolute Gasteiger partial charge is 0.321 e. The lowest BCUT2D eigenvalue weighted by Crippen LogP contribution is -2.44. The molecule has 1 fully saturated rings. The van der Waals surface area contributed by atoms with E-state index in [1.165, 1.54) is 17.8 Å². The van der Waals surface area contributed by atoms with Crippen LogP contribution in [0.25, 0.3) is 0 Å². The number of nitrogens with one attached hydrogen (secondary N) is 1. The molecule has 17 heavy (non-hydrogen) atoms. The van der Waals surface area contributed by atoms with Gasteiger partial charge in [0.1, 0.15) is 11.9 Å². The van der Waals surface area contributed by atoms with E-state index in [2.05, 4.69) is 5.32 Å². The first kappa shape index (κ1) is 12.4. The molecule has 0 aromatic heterocycles. The van der Waals surface area contributed by atoms with Gasteiger partial charge in [-0.15, -0.1) is 11.8 Å². The highest BCUT2D eigenvalue weighted by Gasteiger charge is 2.38. The molecule has 1 aliphatic heterocycles. The zero-order chi connectivity index (χ0) is 12.5. The summed E-state index contributed by atoms with van der Waals surface area (Å²) >= 11 is 1.53. The Balaban J connectivity index is 2.09. The second-order valence-electron chi connectivity index (χ2n) is 4.35. The van der Waals surface area contributed by atoms with Crippen LogP contribution in [0.3, 0.4) is 0 Å². The molecule has 0 bridgehead atoms. The van der Waals surface area contributed by atoms with E-state index >= 15 is 0 Å². The fourth-order valence-corrected chi connectivity index (χ4v) is 3.20. The molecule has 1 aromatic rings. The van der Waals surface area contributed by atoms with Crippen LogP contribution in [-0.2, 0) is 11.2 Å². The van der Waals surface area contributed by atoms with Crippen LogP contribution < -0.4 is 5.32 Å². The van der Waals surface area contributed by atoms with Crippen LogP contribution in [0, 0.1) is 5.82 Å². The molecule has 1 unspecified atom stereocenters. The Hall–Kier alpha value is -1.07. The first-order chi connectivity index (χ1) is 8.00. The third kappa shape index (κ3) is 2.79. The van der Waals surface area contributed by atoms with Crippen LogP contribution in [0.2, 0.25) is 0 Å². The van der Waals surface area contributed by atoms with Crippen molar-refractivity contribution in [3.63, 3.8) is 0 Å². The molecule has 0 spiro atoms. The van der Waals surface area contributed by atoms with Gasteiger partial charge in [-0.2, -0.15) is 0 Å². The van der Waals surface area contributed by atoms with Gasteiger partial charge in [0, 0.05) is 12.2 Å². The van der Waals surface area contributed by atoms with Crippen molar-refractivity contribution in [2.45, 2.75) is 24.3 Å². The van der Waals surface area contributed by atoms with E-state index in [9.17, 15) is 9.18 Å². The zero-order valence-electron chi connectivity index (χ0n) is 9.44. The largest absolute Gasteiger partial charge is 0.480 e. The number of halogens is 1. The van der Waals surface area contributed by atoms with Crippen molar-refractivity contribution in [2.75, 3.05) is 5.75 Å². The van der Waals surface area contributed by atoms with Crippen molar-refractivity contribution in [2.24, 2.45) is 0 Å². The van der Waals surface area contributed by atoms with E-state index in [0.29, 0.717) is 17.7 Å². The number of carboxylic acids is 1. The summed E-state index contributed by atoms with van der Waals surface area (Å²) in [6, 6.07) is 6.05. The molecule has 2 atom stereocenters. The van der Waals surface area contributed by atoms with Gasteiger partial charge in [-0.3, -0.25) is 10.1 Å². The molecule has 0 radical (unpaired) electrons. The molecule has 0 saturated carbocycles. The maximum atomic E-state index is 13.5. The molecule has 5 heteroatoms. The number of aliphatic carboxylic acids is 1. The predicted molar refractivity (Wildman–Crippen MR) is 65.5 cm³/mol. The summed E-state index contributed by atoms with van der Waals surface area (Å²) in [5.41, 5.74) is 0.612. The van der Waals surface area contributed by atoms with Crippen LogP contribution in [-0.4, -0.2) is 27.7 Å². The summed E-state index contributed by atoms with van der Waals surface area (Å²) in [6.07, 6.45) is 0.480. The van der Waals surface area contributed by atoms with E-state index in [4.69, 9.17) is 5.11 Å². The molecule has 3 nitrogen and oxygen atoms in total. The average Bonchev–Trinajstić information content (AvgIpc) is 2.65. The number of hydrogen-bond acceptors (Lipinski definition) is 3. The van der Waals surface area contributed by atoms with Gasteiger partial charge >= 0.3 is 5.97 Å². The van der Waals surface area contributed by atoms with Crippen molar-refractivity contribution in [1.29, 1.82) is 0 Å². The molecular formula is C12H14FNO2S. The monoisotopic (exact) mass is 255 g/mol. The summed E-state index contributed by atoms with van der Waals surface area (Å²) in [4.78, 5) is 10.4. The highest BCUT2D eigenvalue weighted by atomic mass is 32.2. The fraction of sp³-hybridized carbons (Fsp3) is 0.417. The van der Waals surface area contributed by atoms with Crippen LogP contribution in [0.15, 0.2) is 24.3 Å². The van der Waals surface area contributed by atoms with Crippen molar-refractivity contribution >= 4 is 17.7 Å². The molecule has 1 aliphatic rings. The molecule has 0 aliphatic carbocycles. The number of thioether (sulfide) groups is 1. The molecule has 0 amide bonds. The van der Waals surface area contributed by atoms with Crippen molar-refractivity contribution in [3.8, 4) is 0 Å². The van der Waals surface area contributed by atoms with E-state index in [1.807, 2.05) is 6.92 Å². The van der Waals surface area contributed by atoms with Crippen molar-refractivity contribution in [1.82, 2.24) is 5.32 Å². The third-order valence-electron chi connectivity index (χ3n) is 2.83. The number of carbonyl (C=O) groups is 1. The number of carboxylic acid groups (broad SMARTS) is 1. The Kier molecular flexibility index (Phi) is 3.40. The molecular weight excluding hydrogens is 241 g/mol. The summed E-state index contributed by atoms with van der Waals surface area (Å²) < 4.78 is 13.5. The van der Waals surface area contributed by atoms with Crippen LogP contribution in [0.4, 0.5) is 4.39 Å². The van der Waals surface area contributed by atoms with Gasteiger partial charge in [-0.25, -0.2) is 4.39 Å². The maximum absolute atomic E-state index is 13.5. The molecule has 1 saturated heterocycles. The van der Waals surface area contributed by atoms with Gasteiger partial charge in [-0.1, -0.05) is 18.2 Å². The van der Waals surface area contributed by atoms with Gasteiger partial charge < -0.3 is 5.11 Å². The Morgan fingerprint density at radius 2 is 2.35 bits per heavy atom. The molecule has 1 heterocycles. The minimum Gasteiger partial charge on any atom is -0.480 e. The Bertz CT molecular complexity index is 440. The first-order valence-electron chi connectivity index (χ1n) is 5.38. The summed E-state index contributed by atoms with van der Waals surface area (Å²) in [6.45, 7) is 1.91. The SMILES string of the molecule is CC1(Cc2ccccc2F)N[C@@H](C(=O)O)CS1. The van der Waals surface area contributed by atoms with Gasteiger partial charge in [0.25, 0.3) is 0 Å². The second kappa shape index (κ2) is 4.66. The van der Waals surface area contributed by atoms with Crippen LogP contribution >= 0.6 is 11.8 Å². The van der Waals surface area contributed by atoms with E-state index < -0.39 is 16.9 Å². The summed E-state index contributed by atoms with van der Waals surface area (Å²) in [5, 5.41) is 12.0. The summed E-state index contributed by atoms with van der Waals surface area (Å²) in [7, 11) is 0. The normalized spacial score (nSPS) is 28.2. The Morgan fingerprint density at radius 3 is 2.94 bits per heavy atom. The van der Waals surface area contributed by atoms with Crippen molar-refractivity contribution in [3.05, 3.63) is 35.6 Å². The number of benzene rings is 1. The molecule has 1 aromatic carbocycles. The average molecular weight is 255 g/mol. The maximum Gasteiger partial charge on any atom is 0.321 e. The number of hydrogen-bond donors (Lipinski definition) is 2. The lowest BCUT2D eigenvalue weighted by Gasteiger charge is -2.24. The predicted octanol–water partition coefficient (Wildman–Crippen LogP) is 1.87. The van der Waals surface area contributed by atoms with Gasteiger partial charge in [0.2, 0.25) is 0 Å². The Labute approximate surface area is 103 Å². The fourth-order valence-electron chi connectivity index (χ4n) is 1.96. The summed E-state index contributed by atoms with van der Waals surface area (Å²) in [5.74, 6) is -0.579. The van der Waals surface area contributed by atoms with Crippen molar-refractivity contribution < 1.29 is 14.3 Å². The molecule has 2 rings (SSSR count). The highest BCUT2D eigenvalue weighted by molar-refractivity contribution is 8.00. The first-order valence-corrected chi connectivity index (χ1v) is 6.37. The zero-order valence-corrected chi connectivity index (χ0v) is 10.3.